The number of rotatable bonds is 10. The molecule has 0 spiro atoms. The minimum absolute atomic E-state index is 0.0762. The van der Waals surface area contributed by atoms with Crippen LogP contribution in [0.25, 0.3) is 17.3 Å². The molecule has 0 bridgehead atoms. The molecule has 4 aromatic carbocycles. The lowest BCUT2D eigenvalue weighted by Gasteiger charge is -2.12. The number of nitrogens with zero attached hydrogens (tertiary/aromatic N) is 1. The molecule has 0 saturated carbocycles. The Hall–Kier alpha value is -3.93. The Morgan fingerprint density at radius 1 is 0.867 bits per heavy atom. The van der Waals surface area contributed by atoms with Crippen molar-refractivity contribution in [2.24, 2.45) is 0 Å². The number of hydrogen-bond acceptors (Lipinski definition) is 6. The normalized spacial score (nSPS) is 11.1. The number of aromatic nitrogens is 1. The first kappa shape index (κ1) is 32.5. The van der Waals surface area contributed by atoms with Crippen LogP contribution in [0, 0.1) is 0 Å². The topological polar surface area (TPSA) is 100 Å². The summed E-state index contributed by atoms with van der Waals surface area (Å²) < 4.78 is 0.890. The second-order valence-corrected chi connectivity index (χ2v) is 13.1. The van der Waals surface area contributed by atoms with Crippen molar-refractivity contribution in [3.8, 4) is 11.3 Å². The van der Waals surface area contributed by atoms with Crippen molar-refractivity contribution in [3.63, 3.8) is 0 Å². The van der Waals surface area contributed by atoms with Gasteiger partial charge in [-0.15, -0.1) is 23.1 Å². The quantitative estimate of drug-likeness (QED) is 0.0982. The predicted octanol–water partition coefficient (Wildman–Crippen LogP) is 9.02. The number of benzene rings is 4. The first-order valence-corrected chi connectivity index (χ1v) is 16.7. The summed E-state index contributed by atoms with van der Waals surface area (Å²) in [6, 6.07) is 28.4. The van der Waals surface area contributed by atoms with E-state index in [9.17, 15) is 14.4 Å². The lowest BCUT2D eigenvalue weighted by Crippen LogP contribution is -2.30. The number of nitrogens with one attached hydrogen (secondary N) is 3. The van der Waals surface area contributed by atoms with E-state index >= 15 is 0 Å². The summed E-state index contributed by atoms with van der Waals surface area (Å²) in [7, 11) is 0. The first-order chi connectivity index (χ1) is 21.7. The minimum atomic E-state index is -0.497. The number of anilines is 2. The van der Waals surface area contributed by atoms with E-state index in [1.807, 2.05) is 47.8 Å². The summed E-state index contributed by atoms with van der Waals surface area (Å²) in [5.41, 5.74) is 3.21. The molecule has 0 aliphatic rings. The zero-order valence-electron chi connectivity index (χ0n) is 23.2. The van der Waals surface area contributed by atoms with Crippen molar-refractivity contribution >= 4 is 96.8 Å². The number of halogens is 3. The molecule has 0 aliphatic carbocycles. The van der Waals surface area contributed by atoms with Crippen LogP contribution in [0.15, 0.2) is 118 Å². The van der Waals surface area contributed by atoms with E-state index in [0.717, 1.165) is 20.5 Å². The number of thiazole rings is 1. The van der Waals surface area contributed by atoms with E-state index in [-0.39, 0.29) is 17.4 Å². The lowest BCUT2D eigenvalue weighted by atomic mass is 10.1. The third-order valence-electron chi connectivity index (χ3n) is 6.14. The molecule has 12 heteroatoms. The average molecular weight is 739 g/mol. The van der Waals surface area contributed by atoms with Crippen LogP contribution >= 0.6 is 62.2 Å². The van der Waals surface area contributed by atoms with E-state index in [2.05, 4.69) is 36.9 Å². The summed E-state index contributed by atoms with van der Waals surface area (Å²) in [6.45, 7) is 0. The predicted molar refractivity (Wildman–Crippen MR) is 188 cm³/mol. The smallest absolute Gasteiger partial charge is 0.272 e. The van der Waals surface area contributed by atoms with Crippen LogP contribution in [0.5, 0.6) is 0 Å². The summed E-state index contributed by atoms with van der Waals surface area (Å²) in [4.78, 5) is 44.2. The fourth-order valence-electron chi connectivity index (χ4n) is 3.95. The number of thioether (sulfide) groups is 1. The van der Waals surface area contributed by atoms with Gasteiger partial charge in [-0.25, -0.2) is 4.98 Å². The largest absolute Gasteiger partial charge is 0.321 e. The summed E-state index contributed by atoms with van der Waals surface area (Å²) in [6.07, 6.45) is 1.61. The van der Waals surface area contributed by atoms with Gasteiger partial charge in [0.2, 0.25) is 5.91 Å². The standard InChI is InChI=1S/C33H23BrCl2N4O3S2/c34-23-12-9-20(10-13-23)15-28(38-31(42)21-5-2-1-3-6-21)32(43)37-24-7-4-8-25(17-24)44-19-30(41)40-33-39-29(18-45-33)22-11-14-26(35)27(36)16-22/h1-18H,19H2,(H,37,43)(H,38,42)(H,39,40,41)/b28-15-. The van der Waals surface area contributed by atoms with Crippen LogP contribution in [-0.4, -0.2) is 28.5 Å². The Morgan fingerprint density at radius 3 is 2.40 bits per heavy atom. The van der Waals surface area contributed by atoms with Crippen LogP contribution in [-0.2, 0) is 9.59 Å². The monoisotopic (exact) mass is 736 g/mol. The maximum Gasteiger partial charge on any atom is 0.272 e. The SMILES string of the molecule is O=C(CSc1cccc(NC(=O)/C(=C/c2ccc(Br)cc2)NC(=O)c2ccccc2)c1)Nc1nc(-c2ccc(Cl)c(Cl)c2)cs1. The van der Waals surface area contributed by atoms with Gasteiger partial charge in [-0.2, -0.15) is 0 Å². The third kappa shape index (κ3) is 9.29. The van der Waals surface area contributed by atoms with Gasteiger partial charge >= 0.3 is 0 Å². The van der Waals surface area contributed by atoms with Gasteiger partial charge in [-0.3, -0.25) is 14.4 Å². The van der Waals surface area contributed by atoms with Crippen molar-refractivity contribution < 1.29 is 14.4 Å². The Balaban J connectivity index is 1.22. The Kier molecular flexibility index (Phi) is 11.1. The van der Waals surface area contributed by atoms with E-state index in [0.29, 0.717) is 32.1 Å². The second kappa shape index (κ2) is 15.4. The van der Waals surface area contributed by atoms with Crippen LogP contribution < -0.4 is 16.0 Å². The number of amides is 3. The highest BCUT2D eigenvalue weighted by Crippen LogP contribution is 2.31. The van der Waals surface area contributed by atoms with Crippen molar-refractivity contribution in [1.82, 2.24) is 10.3 Å². The molecule has 1 aromatic heterocycles. The molecule has 0 fully saturated rings. The molecule has 5 aromatic rings. The molecular weight excluding hydrogens is 715 g/mol. The molecule has 0 atom stereocenters. The molecule has 45 heavy (non-hydrogen) atoms. The van der Waals surface area contributed by atoms with Crippen LogP contribution in [0.3, 0.4) is 0 Å². The molecule has 0 unspecified atom stereocenters. The molecule has 0 aliphatic heterocycles. The van der Waals surface area contributed by atoms with Gasteiger partial charge in [0.25, 0.3) is 11.8 Å². The van der Waals surface area contributed by atoms with Gasteiger partial charge in [0.15, 0.2) is 5.13 Å². The number of hydrogen-bond donors (Lipinski definition) is 3. The molecule has 1 heterocycles. The Bertz CT molecular complexity index is 1880. The third-order valence-corrected chi connectivity index (χ3v) is 9.16. The van der Waals surface area contributed by atoms with Gasteiger partial charge in [-0.05, 0) is 66.2 Å². The summed E-state index contributed by atoms with van der Waals surface area (Å²) in [5, 5.41) is 11.6. The van der Waals surface area contributed by atoms with E-state index in [1.54, 1.807) is 60.7 Å². The zero-order chi connectivity index (χ0) is 31.8. The van der Waals surface area contributed by atoms with E-state index in [4.69, 9.17) is 23.2 Å². The number of carbonyl (C=O) groups is 3. The van der Waals surface area contributed by atoms with Crippen LogP contribution in [0.1, 0.15) is 15.9 Å². The summed E-state index contributed by atoms with van der Waals surface area (Å²) >= 11 is 18.1. The molecule has 7 nitrogen and oxygen atoms in total. The second-order valence-electron chi connectivity index (χ2n) is 9.42. The number of carbonyl (C=O) groups excluding carboxylic acids is 3. The molecule has 0 saturated heterocycles. The molecule has 226 valence electrons. The summed E-state index contributed by atoms with van der Waals surface area (Å²) in [5.74, 6) is -1.01. The molecular formula is C33H23BrCl2N4O3S2. The van der Waals surface area contributed by atoms with Gasteiger partial charge in [-0.1, -0.05) is 81.6 Å². The van der Waals surface area contributed by atoms with E-state index in [1.165, 1.54) is 23.1 Å². The van der Waals surface area contributed by atoms with Gasteiger partial charge in [0, 0.05) is 31.6 Å². The molecule has 3 N–H and O–H groups in total. The van der Waals surface area contributed by atoms with Crippen molar-refractivity contribution in [1.29, 1.82) is 0 Å². The molecule has 0 radical (unpaired) electrons. The average Bonchev–Trinajstić information content (AvgIpc) is 3.51. The highest BCUT2D eigenvalue weighted by atomic mass is 79.9. The zero-order valence-corrected chi connectivity index (χ0v) is 28.0. The lowest BCUT2D eigenvalue weighted by molar-refractivity contribution is -0.114. The van der Waals surface area contributed by atoms with Gasteiger partial charge in [0.05, 0.1) is 21.5 Å². The minimum Gasteiger partial charge on any atom is -0.321 e. The Labute approximate surface area is 286 Å². The fraction of sp³-hybridized carbons (Fsp3) is 0.0303. The molecule has 3 amide bonds. The highest BCUT2D eigenvalue weighted by molar-refractivity contribution is 9.10. The highest BCUT2D eigenvalue weighted by Gasteiger charge is 2.16. The van der Waals surface area contributed by atoms with Crippen molar-refractivity contribution in [2.45, 2.75) is 4.90 Å². The molecule has 5 rings (SSSR count). The maximum atomic E-state index is 13.4. The van der Waals surface area contributed by atoms with Gasteiger partial charge < -0.3 is 16.0 Å². The maximum absolute atomic E-state index is 13.4. The van der Waals surface area contributed by atoms with Crippen molar-refractivity contribution in [3.05, 3.63) is 134 Å². The van der Waals surface area contributed by atoms with Crippen molar-refractivity contribution in [2.75, 3.05) is 16.4 Å². The van der Waals surface area contributed by atoms with Gasteiger partial charge in [0.1, 0.15) is 5.70 Å². The Morgan fingerprint density at radius 2 is 1.64 bits per heavy atom. The van der Waals surface area contributed by atoms with E-state index < -0.39 is 11.8 Å². The first-order valence-electron chi connectivity index (χ1n) is 13.3. The fourth-order valence-corrected chi connectivity index (χ4v) is 6.01. The van der Waals surface area contributed by atoms with Crippen LogP contribution in [0.4, 0.5) is 10.8 Å². The van der Waals surface area contributed by atoms with Crippen LogP contribution in [0.2, 0.25) is 10.0 Å².